The van der Waals surface area contributed by atoms with Gasteiger partial charge in [0.1, 0.15) is 77.4 Å². The predicted octanol–water partition coefficient (Wildman–Crippen LogP) is 14.6. The number of nitrogens with one attached hydrogen (secondary N) is 2. The van der Waals surface area contributed by atoms with Gasteiger partial charge in [-0.1, -0.05) is 36.4 Å². The molecular formula is C58H36Br2F9N19O. The number of fused-ring (bicyclic) bond motifs is 3. The molecule has 0 aliphatic rings. The van der Waals surface area contributed by atoms with Gasteiger partial charge in [-0.25, -0.2) is 53.4 Å². The first-order valence-corrected chi connectivity index (χ1v) is 27.0. The largest absolute Gasteiger partial charge is 0.437 e. The number of para-hydroxylation sites is 1. The van der Waals surface area contributed by atoms with Gasteiger partial charge in [0.2, 0.25) is 23.4 Å². The van der Waals surface area contributed by atoms with E-state index in [0.29, 0.717) is 49.9 Å². The molecule has 12 heterocycles. The minimum absolute atomic E-state index is 0.00772. The van der Waals surface area contributed by atoms with Gasteiger partial charge in [0, 0.05) is 54.2 Å². The van der Waals surface area contributed by atoms with E-state index in [2.05, 4.69) is 103 Å². The Hall–Kier alpha value is -11.0. The highest BCUT2D eigenvalue weighted by Gasteiger charge is 2.35. The average Bonchev–Trinajstić information content (AvgIpc) is 2.61. The fourth-order valence-corrected chi connectivity index (χ4v) is 8.60. The molecule has 13 rings (SSSR count). The van der Waals surface area contributed by atoms with Crippen LogP contribution in [0.1, 0.15) is 22.8 Å². The van der Waals surface area contributed by atoms with E-state index in [1.54, 1.807) is 122 Å². The van der Waals surface area contributed by atoms with Crippen molar-refractivity contribution in [2.75, 3.05) is 16.4 Å². The molecule has 446 valence electrons. The molecule has 0 radical (unpaired) electrons. The Morgan fingerprint density at radius 1 is 0.449 bits per heavy atom. The number of halogens is 11. The van der Waals surface area contributed by atoms with Crippen LogP contribution in [-0.2, 0) is 18.5 Å². The molecule has 0 aliphatic carbocycles. The van der Waals surface area contributed by atoms with Crippen molar-refractivity contribution >= 4 is 77.1 Å². The molecule has 0 saturated heterocycles. The van der Waals surface area contributed by atoms with Gasteiger partial charge in [-0.2, -0.15) is 49.8 Å². The van der Waals surface area contributed by atoms with Crippen molar-refractivity contribution in [3.05, 3.63) is 227 Å². The number of rotatable bonds is 9. The van der Waals surface area contributed by atoms with Gasteiger partial charge in [0.15, 0.2) is 11.6 Å². The zero-order valence-electron chi connectivity index (χ0n) is 44.8. The highest BCUT2D eigenvalue weighted by Crippen LogP contribution is 2.34. The van der Waals surface area contributed by atoms with Gasteiger partial charge in [0.25, 0.3) is 0 Å². The van der Waals surface area contributed by atoms with Crippen molar-refractivity contribution in [1.29, 1.82) is 5.26 Å². The van der Waals surface area contributed by atoms with Gasteiger partial charge < -0.3 is 21.1 Å². The van der Waals surface area contributed by atoms with Crippen LogP contribution < -0.4 is 21.1 Å². The van der Waals surface area contributed by atoms with E-state index >= 15 is 0 Å². The number of hydrogen-bond acceptors (Lipinski definition) is 17. The van der Waals surface area contributed by atoms with E-state index in [4.69, 9.17) is 15.7 Å². The van der Waals surface area contributed by atoms with Crippen molar-refractivity contribution < 1.29 is 44.3 Å². The molecule has 1 aromatic carbocycles. The maximum Gasteiger partial charge on any atom is 0.433 e. The third kappa shape index (κ3) is 15.5. The quantitative estimate of drug-likeness (QED) is 0.0897. The van der Waals surface area contributed by atoms with Gasteiger partial charge in [0.05, 0.1) is 0 Å². The molecular weight excluding hydrogens is 1310 g/mol. The summed E-state index contributed by atoms with van der Waals surface area (Å²) in [7, 11) is 0. The molecule has 0 aliphatic heterocycles. The number of nitrogens with zero attached hydrogens (tertiary/aromatic N) is 16. The van der Waals surface area contributed by atoms with Crippen LogP contribution in [0.5, 0.6) is 11.6 Å². The van der Waals surface area contributed by atoms with E-state index in [9.17, 15) is 39.5 Å². The Bertz CT molecular complexity index is 4650. The summed E-state index contributed by atoms with van der Waals surface area (Å²) in [4.78, 5) is 35.8. The monoisotopic (exact) mass is 1340 g/mol. The molecule has 20 nitrogen and oxygen atoms in total. The normalized spacial score (nSPS) is 11.3. The summed E-state index contributed by atoms with van der Waals surface area (Å²) < 4.78 is 128. The number of nitrogens with two attached hydrogens (primary N) is 1. The molecule has 0 saturated carbocycles. The number of aromatic nitrogens is 15. The maximum absolute atomic E-state index is 13.0. The number of ether oxygens (including phenoxy) is 1. The molecule has 89 heavy (non-hydrogen) atoms. The zero-order valence-corrected chi connectivity index (χ0v) is 47.9. The lowest BCUT2D eigenvalue weighted by Crippen LogP contribution is -2.09. The second kappa shape index (κ2) is 26.3. The molecule has 0 fully saturated rings. The van der Waals surface area contributed by atoms with Gasteiger partial charge in [-0.15, -0.1) is 15.3 Å². The van der Waals surface area contributed by atoms with Crippen LogP contribution in [0.3, 0.4) is 0 Å². The summed E-state index contributed by atoms with van der Waals surface area (Å²) in [6.07, 6.45) is -3.95. The summed E-state index contributed by atoms with van der Waals surface area (Å²) in [5.74, 6) is 1.69. The van der Waals surface area contributed by atoms with Crippen LogP contribution in [0.2, 0.25) is 0 Å². The molecule has 0 unspecified atom stereocenters. The molecule has 4 N–H and O–H groups in total. The van der Waals surface area contributed by atoms with Crippen LogP contribution in [0.15, 0.2) is 204 Å². The van der Waals surface area contributed by atoms with Crippen LogP contribution in [0.25, 0.3) is 51.1 Å². The van der Waals surface area contributed by atoms with Crippen LogP contribution in [0, 0.1) is 11.3 Å². The molecule has 0 spiro atoms. The Morgan fingerprint density at radius 3 is 1.31 bits per heavy atom. The third-order valence-electron chi connectivity index (χ3n) is 11.8. The molecule has 31 heteroatoms. The highest BCUT2D eigenvalue weighted by atomic mass is 79.9. The minimum Gasteiger partial charge on any atom is -0.437 e. The van der Waals surface area contributed by atoms with Crippen LogP contribution in [-0.4, -0.2) is 73.7 Å². The number of anilines is 5. The number of nitrogen functional groups attached to an aromatic ring is 1. The maximum atomic E-state index is 13.0. The number of alkyl halides is 9. The van der Waals surface area contributed by atoms with E-state index in [0.717, 1.165) is 28.5 Å². The molecule has 0 atom stereocenters. The Balaban J connectivity index is 0.000000138. The summed E-state index contributed by atoms with van der Waals surface area (Å²) >= 11 is 6.46. The molecule has 0 amide bonds. The van der Waals surface area contributed by atoms with Gasteiger partial charge in [-0.05, 0) is 153 Å². The summed E-state index contributed by atoms with van der Waals surface area (Å²) in [5, 5.41) is 27.9. The number of nitriles is 1. The molecule has 12 aromatic heterocycles. The predicted molar refractivity (Wildman–Crippen MR) is 314 cm³/mol. The average molecular weight is 1350 g/mol. The van der Waals surface area contributed by atoms with Crippen LogP contribution >= 0.6 is 31.9 Å². The second-order valence-electron chi connectivity index (χ2n) is 18.0. The van der Waals surface area contributed by atoms with E-state index < -0.39 is 35.6 Å². The lowest BCUT2D eigenvalue weighted by atomic mass is 10.3. The first-order chi connectivity index (χ1) is 42.6. The molecule has 13 aromatic rings. The Morgan fingerprint density at radius 2 is 0.876 bits per heavy atom. The van der Waals surface area contributed by atoms with E-state index in [1.807, 2.05) is 12.1 Å². The smallest absolute Gasteiger partial charge is 0.433 e. The third-order valence-corrected chi connectivity index (χ3v) is 12.6. The van der Waals surface area contributed by atoms with Gasteiger partial charge >= 0.3 is 18.5 Å². The number of pyridine rings is 6. The summed E-state index contributed by atoms with van der Waals surface area (Å²) in [6, 6.07) is 42.4. The fourth-order valence-electron chi connectivity index (χ4n) is 7.85. The first kappa shape index (κ1) is 61.1. The van der Waals surface area contributed by atoms with E-state index in [-0.39, 0.29) is 46.1 Å². The number of hydrogen-bond donors (Lipinski definition) is 3. The van der Waals surface area contributed by atoms with E-state index in [1.165, 1.54) is 62.2 Å². The van der Waals surface area contributed by atoms with Crippen molar-refractivity contribution in [2.24, 2.45) is 0 Å². The Labute approximate surface area is 511 Å². The van der Waals surface area contributed by atoms with Crippen LogP contribution in [0.4, 0.5) is 68.2 Å². The lowest BCUT2D eigenvalue weighted by molar-refractivity contribution is -0.141. The first-order valence-electron chi connectivity index (χ1n) is 25.5. The minimum atomic E-state index is -4.57. The van der Waals surface area contributed by atoms with Crippen molar-refractivity contribution in [3.8, 4) is 52.3 Å². The topological polar surface area (TPSA) is 251 Å². The summed E-state index contributed by atoms with van der Waals surface area (Å²) in [5.41, 5.74) is 6.45. The number of benzene rings is 1. The van der Waals surface area contributed by atoms with Crippen molar-refractivity contribution in [1.82, 2.24) is 73.7 Å². The SMILES string of the molecule is FC(F)(F)c1cccc(-c2nc(Nc3ccnc(Br)c3)c3cccn3n2)n1.FC(F)(F)c1cccc(-c2nc(Oc3ccccc3)c3cccn3n2)n1.N#Cc1cc(Nc2nc(-c3cccc(C(F)(F)F)n3)nn3cccc23)ccn1.Nc1ccnc(Br)c1. The van der Waals surface area contributed by atoms with Crippen molar-refractivity contribution in [3.63, 3.8) is 0 Å². The fraction of sp³-hybridized carbons (Fsp3) is 0.0517. The Kier molecular flexibility index (Phi) is 18.1. The highest BCUT2D eigenvalue weighted by molar-refractivity contribution is 9.10. The lowest BCUT2D eigenvalue weighted by Gasteiger charge is -2.11. The standard InChI is InChI=1S/C18H10F3N7.C18H11F3N4O.C17H10BrF3N6.C5H5BrN2/c19-18(20,21)15-5-1-3-13(25-15)16-26-17(14-4-2-8-28(14)27-16)24-11-6-7-23-12(9-11)10-22;19-18(20,21)15-10-4-8-13(22-15)16-23-17(14-9-5-11-25(14)24-16)26-12-6-2-1-3-7-12;18-14-9-10(6-7-22-14)23-16-12-4-2-8-27(12)26-15(25-16)11-3-1-5-13(24-11)17(19,20)21;6-5-3-4(7)1-2-8-5/h1-9H,(H,23,24,26,27);1-11H;1-9H,(H,22,23,25,26);1-3H,(H2,7,8). The summed E-state index contributed by atoms with van der Waals surface area (Å²) in [6.45, 7) is 0. The van der Waals surface area contributed by atoms with Gasteiger partial charge in [-0.3, -0.25) is 0 Å². The molecule has 0 bridgehead atoms. The second-order valence-corrected chi connectivity index (χ2v) is 19.7. The van der Waals surface area contributed by atoms with Crippen molar-refractivity contribution in [2.45, 2.75) is 18.5 Å². The zero-order chi connectivity index (χ0) is 62.9.